The van der Waals surface area contributed by atoms with E-state index in [0.29, 0.717) is 16.3 Å². The maximum absolute atomic E-state index is 11.7. The number of sulfone groups is 1. The summed E-state index contributed by atoms with van der Waals surface area (Å²) >= 11 is 5.95. The van der Waals surface area contributed by atoms with Crippen molar-refractivity contribution in [2.45, 2.75) is 12.2 Å². The van der Waals surface area contributed by atoms with Crippen LogP contribution in [-0.4, -0.2) is 24.9 Å². The summed E-state index contributed by atoms with van der Waals surface area (Å²) in [6, 6.07) is 7.05. The van der Waals surface area contributed by atoms with Gasteiger partial charge in [0.25, 0.3) is 0 Å². The Morgan fingerprint density at radius 1 is 1.42 bits per heavy atom. The summed E-state index contributed by atoms with van der Waals surface area (Å²) in [5, 5.41) is 6.44. The Morgan fingerprint density at radius 2 is 2.11 bits per heavy atom. The number of nitrogens with two attached hydrogens (primary N) is 1. The zero-order valence-electron chi connectivity index (χ0n) is 10.5. The van der Waals surface area contributed by atoms with E-state index in [2.05, 4.69) is 10.2 Å². The number of H-pyrrole nitrogens is 1. The number of hydrogen-bond donors (Lipinski definition) is 2. The van der Waals surface area contributed by atoms with E-state index in [9.17, 15) is 8.42 Å². The molecule has 0 aliphatic heterocycles. The van der Waals surface area contributed by atoms with E-state index >= 15 is 0 Å². The maximum Gasteiger partial charge on any atom is 0.155 e. The minimum Gasteiger partial charge on any atom is -0.382 e. The highest BCUT2D eigenvalue weighted by Crippen LogP contribution is 2.35. The first kappa shape index (κ1) is 13.9. The van der Waals surface area contributed by atoms with Crippen LogP contribution in [-0.2, 0) is 9.84 Å². The van der Waals surface area contributed by atoms with Gasteiger partial charge in [-0.3, -0.25) is 5.10 Å². The molecule has 5 nitrogen and oxygen atoms in total. The van der Waals surface area contributed by atoms with Crippen molar-refractivity contribution in [3.63, 3.8) is 0 Å². The van der Waals surface area contributed by atoms with Crippen LogP contribution >= 0.6 is 11.6 Å². The van der Waals surface area contributed by atoms with Crippen molar-refractivity contribution < 1.29 is 8.42 Å². The summed E-state index contributed by atoms with van der Waals surface area (Å²) in [6.45, 7) is 1.59. The molecule has 2 aromatic rings. The van der Waals surface area contributed by atoms with Crippen LogP contribution in [0.15, 0.2) is 24.3 Å². The fourth-order valence-electron chi connectivity index (χ4n) is 1.83. The Kier molecular flexibility index (Phi) is 3.56. The highest BCUT2D eigenvalue weighted by molar-refractivity contribution is 7.90. The Labute approximate surface area is 116 Å². The van der Waals surface area contributed by atoms with Crippen molar-refractivity contribution in [2.24, 2.45) is 0 Å². The minimum atomic E-state index is -3.24. The van der Waals surface area contributed by atoms with E-state index in [-0.39, 0.29) is 5.82 Å². The maximum atomic E-state index is 11.7. The molecule has 3 N–H and O–H groups in total. The van der Waals surface area contributed by atoms with Crippen LogP contribution in [0.1, 0.15) is 17.9 Å². The zero-order chi connectivity index (χ0) is 14.2. The molecule has 0 spiro atoms. The van der Waals surface area contributed by atoms with Gasteiger partial charge < -0.3 is 5.73 Å². The van der Waals surface area contributed by atoms with Gasteiger partial charge in [-0.25, -0.2) is 8.42 Å². The molecule has 2 rings (SSSR count). The smallest absolute Gasteiger partial charge is 0.155 e. The molecule has 7 heteroatoms. The van der Waals surface area contributed by atoms with Crippen LogP contribution in [0, 0.1) is 0 Å². The van der Waals surface area contributed by atoms with E-state index in [1.165, 1.54) is 6.26 Å². The van der Waals surface area contributed by atoms with Gasteiger partial charge in [-0.05, 0) is 24.6 Å². The number of hydrogen-bond acceptors (Lipinski definition) is 4. The van der Waals surface area contributed by atoms with E-state index in [0.717, 1.165) is 5.56 Å². The molecule has 0 radical (unpaired) electrons. The SMILES string of the molecule is CC(c1[nH]nc(N)c1-c1cccc(Cl)c1)S(C)(=O)=O. The normalized spacial score (nSPS) is 13.4. The molecular weight excluding hydrogens is 286 g/mol. The van der Waals surface area contributed by atoms with Gasteiger partial charge in [0.15, 0.2) is 15.7 Å². The van der Waals surface area contributed by atoms with Crippen LogP contribution in [0.5, 0.6) is 0 Å². The van der Waals surface area contributed by atoms with E-state index < -0.39 is 15.1 Å². The molecule has 0 aliphatic carbocycles. The van der Waals surface area contributed by atoms with E-state index in [4.69, 9.17) is 17.3 Å². The molecule has 1 heterocycles. The van der Waals surface area contributed by atoms with Crippen molar-refractivity contribution in [3.8, 4) is 11.1 Å². The van der Waals surface area contributed by atoms with E-state index in [1.54, 1.807) is 25.1 Å². The number of aromatic amines is 1. The molecule has 0 fully saturated rings. The summed E-state index contributed by atoms with van der Waals surface area (Å²) in [5.41, 5.74) is 7.62. The molecular formula is C12H14ClN3O2S. The molecule has 0 saturated heterocycles. The lowest BCUT2D eigenvalue weighted by molar-refractivity contribution is 0.591. The van der Waals surface area contributed by atoms with E-state index in [1.807, 2.05) is 6.07 Å². The Bertz CT molecular complexity index is 710. The minimum absolute atomic E-state index is 0.257. The van der Waals surface area contributed by atoms with Gasteiger partial charge in [0.1, 0.15) is 5.25 Å². The number of aromatic nitrogens is 2. The summed E-state index contributed by atoms with van der Waals surface area (Å²) in [4.78, 5) is 0. The third-order valence-corrected chi connectivity index (χ3v) is 4.74. The van der Waals surface area contributed by atoms with Crippen molar-refractivity contribution in [3.05, 3.63) is 35.0 Å². The molecule has 19 heavy (non-hydrogen) atoms. The standard InChI is InChI=1S/C12H14ClN3O2S/c1-7(19(2,17)18)11-10(12(14)16-15-11)8-4-3-5-9(13)6-8/h3-7H,1-2H3,(H3,14,15,16). The highest BCUT2D eigenvalue weighted by Gasteiger charge is 2.25. The topological polar surface area (TPSA) is 88.8 Å². The molecule has 1 aromatic heterocycles. The Morgan fingerprint density at radius 3 is 2.68 bits per heavy atom. The molecule has 102 valence electrons. The second-order valence-electron chi connectivity index (χ2n) is 4.38. The number of halogens is 1. The van der Waals surface area contributed by atoms with Gasteiger partial charge in [-0.15, -0.1) is 0 Å². The highest BCUT2D eigenvalue weighted by atomic mass is 35.5. The van der Waals surface area contributed by atoms with Crippen molar-refractivity contribution in [1.82, 2.24) is 10.2 Å². The number of nitrogens with zero attached hydrogens (tertiary/aromatic N) is 1. The fourth-order valence-corrected chi connectivity index (χ4v) is 2.61. The number of nitrogen functional groups attached to an aromatic ring is 1. The lowest BCUT2D eigenvalue weighted by atomic mass is 10.0. The van der Waals surface area contributed by atoms with Crippen molar-refractivity contribution in [1.29, 1.82) is 0 Å². The average molecular weight is 300 g/mol. The van der Waals surface area contributed by atoms with Crippen LogP contribution < -0.4 is 5.73 Å². The van der Waals surface area contributed by atoms with Gasteiger partial charge >= 0.3 is 0 Å². The van der Waals surface area contributed by atoms with Crippen LogP contribution in [0.25, 0.3) is 11.1 Å². The van der Waals surface area contributed by atoms with Gasteiger partial charge in [0.2, 0.25) is 0 Å². The first-order chi connectivity index (χ1) is 8.80. The molecule has 1 unspecified atom stereocenters. The summed E-state index contributed by atoms with van der Waals surface area (Å²) < 4.78 is 23.4. The van der Waals surface area contributed by atoms with Gasteiger partial charge in [-0.1, -0.05) is 23.7 Å². The van der Waals surface area contributed by atoms with Gasteiger partial charge in [0.05, 0.1) is 5.69 Å². The first-order valence-electron chi connectivity index (χ1n) is 5.59. The van der Waals surface area contributed by atoms with Crippen LogP contribution in [0.4, 0.5) is 5.82 Å². The molecule has 0 bridgehead atoms. The lowest BCUT2D eigenvalue weighted by Crippen LogP contribution is -2.09. The Balaban J connectivity index is 2.62. The first-order valence-corrected chi connectivity index (χ1v) is 7.92. The molecule has 0 amide bonds. The second kappa shape index (κ2) is 4.86. The third kappa shape index (κ3) is 2.74. The second-order valence-corrected chi connectivity index (χ2v) is 7.18. The third-order valence-electron chi connectivity index (χ3n) is 2.98. The number of rotatable bonds is 3. The molecule has 1 aromatic carbocycles. The summed E-state index contributed by atoms with van der Waals surface area (Å²) in [5.74, 6) is 0.257. The van der Waals surface area contributed by atoms with Crippen molar-refractivity contribution >= 4 is 27.3 Å². The quantitative estimate of drug-likeness (QED) is 0.911. The summed E-state index contributed by atoms with van der Waals surface area (Å²) in [7, 11) is -3.24. The fraction of sp³-hybridized carbons (Fsp3) is 0.250. The number of benzene rings is 1. The predicted octanol–water partition coefficient (Wildman–Crippen LogP) is 2.42. The monoisotopic (exact) mass is 299 g/mol. The largest absolute Gasteiger partial charge is 0.382 e. The van der Waals surface area contributed by atoms with Gasteiger partial charge in [0, 0.05) is 16.8 Å². The van der Waals surface area contributed by atoms with Gasteiger partial charge in [-0.2, -0.15) is 5.10 Å². The predicted molar refractivity (Wildman–Crippen MR) is 76.7 cm³/mol. The molecule has 0 saturated carbocycles. The summed E-state index contributed by atoms with van der Waals surface area (Å²) in [6.07, 6.45) is 1.18. The lowest BCUT2D eigenvalue weighted by Gasteiger charge is -2.10. The molecule has 1 atom stereocenters. The number of nitrogens with one attached hydrogen (secondary N) is 1. The number of anilines is 1. The van der Waals surface area contributed by atoms with Crippen molar-refractivity contribution in [2.75, 3.05) is 12.0 Å². The zero-order valence-corrected chi connectivity index (χ0v) is 12.1. The van der Waals surface area contributed by atoms with Crippen LogP contribution in [0.3, 0.4) is 0 Å². The Hall–Kier alpha value is -1.53. The van der Waals surface area contributed by atoms with Crippen LogP contribution in [0.2, 0.25) is 5.02 Å². The molecule has 0 aliphatic rings. The average Bonchev–Trinajstić information content (AvgIpc) is 2.68.